The first-order valence-electron chi connectivity index (χ1n) is 5.32. The van der Waals surface area contributed by atoms with Crippen molar-refractivity contribution in [1.82, 2.24) is 15.2 Å². The van der Waals surface area contributed by atoms with Gasteiger partial charge in [-0.05, 0) is 12.1 Å². The molecule has 82 valence electrons. The van der Waals surface area contributed by atoms with E-state index in [2.05, 4.69) is 15.2 Å². The van der Waals surface area contributed by atoms with E-state index in [4.69, 9.17) is 5.11 Å². The van der Waals surface area contributed by atoms with Crippen molar-refractivity contribution >= 4 is 17.0 Å². The van der Waals surface area contributed by atoms with Crippen LogP contribution in [0.1, 0.15) is 0 Å². The van der Waals surface area contributed by atoms with Crippen LogP contribution in [-0.4, -0.2) is 40.0 Å². The fourth-order valence-corrected chi connectivity index (χ4v) is 1.85. The number of aliphatic hydroxyl groups is 1. The number of aliphatic hydroxyl groups excluding tert-OH is 1. The largest absolute Gasteiger partial charge is 0.396 e. The Bertz CT molecular complexity index is 510. The van der Waals surface area contributed by atoms with Crippen molar-refractivity contribution in [2.45, 2.75) is 0 Å². The minimum Gasteiger partial charge on any atom is -0.396 e. The first-order valence-corrected chi connectivity index (χ1v) is 5.32. The summed E-state index contributed by atoms with van der Waals surface area (Å²) in [4.78, 5) is 6.46. The van der Waals surface area contributed by atoms with Crippen LogP contribution in [0.3, 0.4) is 0 Å². The number of benzene rings is 1. The predicted molar refractivity (Wildman–Crippen MR) is 60.1 cm³/mol. The minimum atomic E-state index is 0.234. The zero-order chi connectivity index (χ0) is 11.0. The lowest BCUT2D eigenvalue weighted by atomic mass is 10.0. The smallest absolute Gasteiger partial charge is 0.245 e. The molecule has 2 aromatic rings. The Balaban J connectivity index is 1.89. The second kappa shape index (κ2) is 3.68. The third kappa shape index (κ3) is 1.49. The van der Waals surface area contributed by atoms with Crippen molar-refractivity contribution in [1.29, 1.82) is 0 Å². The van der Waals surface area contributed by atoms with Gasteiger partial charge in [0.1, 0.15) is 5.52 Å². The normalized spacial score (nSPS) is 16.4. The highest BCUT2D eigenvalue weighted by atomic mass is 16.3. The fraction of sp³-hybridized carbons (Fsp3) is 0.364. The number of hydrogen-bond acceptors (Lipinski definition) is 5. The maximum atomic E-state index is 8.94. The third-order valence-electron chi connectivity index (χ3n) is 2.85. The molecule has 0 unspecified atom stereocenters. The van der Waals surface area contributed by atoms with Gasteiger partial charge >= 0.3 is 0 Å². The average Bonchev–Trinajstić information content (AvgIpc) is 2.27. The Morgan fingerprint density at radius 1 is 1.19 bits per heavy atom. The summed E-state index contributed by atoms with van der Waals surface area (Å²) in [6.07, 6.45) is 0. The first kappa shape index (κ1) is 9.47. The van der Waals surface area contributed by atoms with E-state index in [1.165, 1.54) is 0 Å². The quantitative estimate of drug-likeness (QED) is 0.789. The van der Waals surface area contributed by atoms with Crippen LogP contribution in [0, 0.1) is 5.92 Å². The van der Waals surface area contributed by atoms with Gasteiger partial charge in [-0.3, -0.25) is 0 Å². The molecule has 0 radical (unpaired) electrons. The van der Waals surface area contributed by atoms with E-state index < -0.39 is 0 Å². The van der Waals surface area contributed by atoms with Gasteiger partial charge in [0.05, 0.1) is 5.52 Å². The molecule has 1 aliphatic rings. The highest BCUT2D eigenvalue weighted by Gasteiger charge is 2.28. The Kier molecular flexibility index (Phi) is 2.18. The van der Waals surface area contributed by atoms with Crippen molar-refractivity contribution in [3.63, 3.8) is 0 Å². The minimum absolute atomic E-state index is 0.234. The summed E-state index contributed by atoms with van der Waals surface area (Å²) in [5.74, 6) is 1.01. The van der Waals surface area contributed by atoms with E-state index >= 15 is 0 Å². The van der Waals surface area contributed by atoms with Gasteiger partial charge in [-0.2, -0.15) is 0 Å². The molecule has 16 heavy (non-hydrogen) atoms. The van der Waals surface area contributed by atoms with Crippen LogP contribution in [0.15, 0.2) is 24.3 Å². The Labute approximate surface area is 92.7 Å². The summed E-state index contributed by atoms with van der Waals surface area (Å²) in [6.45, 7) is 1.87. The molecule has 0 spiro atoms. The zero-order valence-corrected chi connectivity index (χ0v) is 8.74. The summed E-state index contributed by atoms with van der Waals surface area (Å²) < 4.78 is 0. The van der Waals surface area contributed by atoms with E-state index in [1.807, 2.05) is 29.2 Å². The standard InChI is InChI=1S/C11H12N4O/c16-7-8-5-15(6-8)11-12-9-3-1-2-4-10(9)13-14-11/h1-4,8,16H,5-7H2. The fourth-order valence-electron chi connectivity index (χ4n) is 1.85. The van der Waals surface area contributed by atoms with Crippen LogP contribution in [-0.2, 0) is 0 Å². The lowest BCUT2D eigenvalue weighted by molar-refractivity contribution is 0.199. The summed E-state index contributed by atoms with van der Waals surface area (Å²) >= 11 is 0. The molecule has 5 nitrogen and oxygen atoms in total. The van der Waals surface area contributed by atoms with Crippen LogP contribution in [0.4, 0.5) is 5.95 Å². The monoisotopic (exact) mass is 216 g/mol. The maximum Gasteiger partial charge on any atom is 0.245 e. The summed E-state index contributed by atoms with van der Waals surface area (Å²) in [7, 11) is 0. The van der Waals surface area contributed by atoms with Gasteiger partial charge in [0.15, 0.2) is 0 Å². The molecule has 1 aliphatic heterocycles. The molecule has 1 saturated heterocycles. The second-order valence-electron chi connectivity index (χ2n) is 4.05. The lowest BCUT2D eigenvalue weighted by Gasteiger charge is -2.37. The number of anilines is 1. The molecular formula is C11H12N4O. The molecular weight excluding hydrogens is 204 g/mol. The number of para-hydroxylation sites is 1. The highest BCUT2D eigenvalue weighted by molar-refractivity contribution is 5.74. The Morgan fingerprint density at radius 3 is 2.69 bits per heavy atom. The van der Waals surface area contributed by atoms with Gasteiger partial charge in [-0.1, -0.05) is 12.1 Å². The Hall–Kier alpha value is -1.75. The summed E-state index contributed by atoms with van der Waals surface area (Å²) in [5.41, 5.74) is 1.67. The lowest BCUT2D eigenvalue weighted by Crippen LogP contribution is -2.49. The van der Waals surface area contributed by atoms with Gasteiger partial charge in [0.25, 0.3) is 0 Å². The summed E-state index contributed by atoms with van der Waals surface area (Å²) in [5, 5.41) is 17.1. The van der Waals surface area contributed by atoms with E-state index in [9.17, 15) is 0 Å². The van der Waals surface area contributed by atoms with E-state index in [1.54, 1.807) is 0 Å². The molecule has 0 aliphatic carbocycles. The molecule has 5 heteroatoms. The molecule has 0 amide bonds. The van der Waals surface area contributed by atoms with Gasteiger partial charge in [-0.25, -0.2) is 4.98 Å². The van der Waals surface area contributed by atoms with Gasteiger partial charge in [0, 0.05) is 25.6 Å². The van der Waals surface area contributed by atoms with Gasteiger partial charge in [-0.15, -0.1) is 10.2 Å². The van der Waals surface area contributed by atoms with Gasteiger partial charge < -0.3 is 10.0 Å². The van der Waals surface area contributed by atoms with Crippen LogP contribution in [0.2, 0.25) is 0 Å². The Morgan fingerprint density at radius 2 is 1.94 bits per heavy atom. The number of fused-ring (bicyclic) bond motifs is 1. The van der Waals surface area contributed by atoms with Crippen molar-refractivity contribution in [2.24, 2.45) is 5.92 Å². The van der Waals surface area contributed by atoms with Crippen LogP contribution >= 0.6 is 0 Å². The molecule has 1 aromatic heterocycles. The summed E-state index contributed by atoms with van der Waals surface area (Å²) in [6, 6.07) is 7.68. The molecule has 2 heterocycles. The number of hydrogen-bond donors (Lipinski definition) is 1. The van der Waals surface area contributed by atoms with Crippen LogP contribution in [0.25, 0.3) is 11.0 Å². The second-order valence-corrected chi connectivity index (χ2v) is 4.05. The van der Waals surface area contributed by atoms with Crippen LogP contribution < -0.4 is 4.90 Å². The first-order chi connectivity index (χ1) is 7.86. The van der Waals surface area contributed by atoms with Crippen molar-refractivity contribution in [3.05, 3.63) is 24.3 Å². The molecule has 1 fully saturated rings. The van der Waals surface area contributed by atoms with Gasteiger partial charge in [0.2, 0.25) is 5.95 Å². The molecule has 0 saturated carbocycles. The SMILES string of the molecule is OCC1CN(c2nnc3ccccc3n2)C1. The van der Waals surface area contributed by atoms with E-state index in [0.29, 0.717) is 11.9 Å². The molecule has 3 rings (SSSR count). The third-order valence-corrected chi connectivity index (χ3v) is 2.85. The molecule has 1 aromatic carbocycles. The topological polar surface area (TPSA) is 62.1 Å². The molecule has 1 N–H and O–H groups in total. The van der Waals surface area contributed by atoms with Crippen LogP contribution in [0.5, 0.6) is 0 Å². The molecule has 0 bridgehead atoms. The molecule has 0 atom stereocenters. The van der Waals surface area contributed by atoms with E-state index in [-0.39, 0.29) is 6.61 Å². The van der Waals surface area contributed by atoms with Crippen molar-refractivity contribution < 1.29 is 5.11 Å². The number of nitrogens with zero attached hydrogens (tertiary/aromatic N) is 4. The van der Waals surface area contributed by atoms with Crippen molar-refractivity contribution in [2.75, 3.05) is 24.6 Å². The maximum absolute atomic E-state index is 8.94. The van der Waals surface area contributed by atoms with E-state index in [0.717, 1.165) is 24.1 Å². The number of aromatic nitrogens is 3. The number of rotatable bonds is 2. The predicted octanol–water partition coefficient (Wildman–Crippen LogP) is 0.453. The zero-order valence-electron chi connectivity index (χ0n) is 8.74. The van der Waals surface area contributed by atoms with Crippen molar-refractivity contribution in [3.8, 4) is 0 Å². The average molecular weight is 216 g/mol. The highest BCUT2D eigenvalue weighted by Crippen LogP contribution is 2.21.